The number of rotatable bonds is 5. The minimum Gasteiger partial charge on any atom is -0.424 e. The number of ether oxygens (including phenoxy) is 1. The zero-order chi connectivity index (χ0) is 28.2. The highest BCUT2D eigenvalue weighted by Crippen LogP contribution is 2.40. The number of nitro groups is 1. The van der Waals surface area contributed by atoms with Crippen LogP contribution in [0.15, 0.2) is 109 Å². The molecular weight excluding hydrogens is 528 g/mol. The van der Waals surface area contributed by atoms with Gasteiger partial charge in [0.15, 0.2) is 11.6 Å². The Morgan fingerprint density at radius 3 is 1.95 bits per heavy atom. The molecular formula is C33H20N6O3. The molecule has 0 saturated carbocycles. The molecule has 42 heavy (non-hydrogen) atoms. The molecule has 0 amide bonds. The van der Waals surface area contributed by atoms with Crippen molar-refractivity contribution < 1.29 is 9.66 Å². The summed E-state index contributed by atoms with van der Waals surface area (Å²) in [6.07, 6.45) is 0. The molecule has 3 heterocycles. The summed E-state index contributed by atoms with van der Waals surface area (Å²) in [5.74, 6) is 0.983. The summed E-state index contributed by atoms with van der Waals surface area (Å²) < 4.78 is 6.09. The molecule has 0 aliphatic carbocycles. The van der Waals surface area contributed by atoms with Crippen molar-refractivity contribution in [2.24, 2.45) is 0 Å². The number of aromatic nitrogens is 5. The van der Waals surface area contributed by atoms with Crippen LogP contribution in [-0.4, -0.2) is 29.8 Å². The first-order valence-corrected chi connectivity index (χ1v) is 13.3. The van der Waals surface area contributed by atoms with Gasteiger partial charge in [0.25, 0.3) is 5.69 Å². The number of nitrogens with zero attached hydrogens (tertiary/aromatic N) is 4. The lowest BCUT2D eigenvalue weighted by molar-refractivity contribution is -0.384. The Kier molecular flexibility index (Phi) is 5.23. The fourth-order valence-electron chi connectivity index (χ4n) is 5.57. The number of fused-ring (bicyclic) bond motifs is 6. The van der Waals surface area contributed by atoms with Crippen LogP contribution in [0.2, 0.25) is 0 Å². The van der Waals surface area contributed by atoms with Crippen molar-refractivity contribution >= 4 is 49.3 Å². The van der Waals surface area contributed by atoms with Crippen LogP contribution in [0.4, 0.5) is 5.69 Å². The van der Waals surface area contributed by atoms with Crippen LogP contribution in [-0.2, 0) is 0 Å². The molecule has 200 valence electrons. The molecule has 9 nitrogen and oxygen atoms in total. The zero-order valence-electron chi connectivity index (χ0n) is 21.9. The van der Waals surface area contributed by atoms with Gasteiger partial charge in [-0.15, -0.1) is 0 Å². The Labute approximate surface area is 237 Å². The van der Waals surface area contributed by atoms with Crippen LogP contribution in [0.5, 0.6) is 11.8 Å². The van der Waals surface area contributed by atoms with Crippen molar-refractivity contribution in [2.45, 2.75) is 0 Å². The summed E-state index contributed by atoms with van der Waals surface area (Å²) in [5.41, 5.74) is 4.11. The van der Waals surface area contributed by atoms with Gasteiger partial charge in [-0.1, -0.05) is 66.7 Å². The molecule has 3 aromatic heterocycles. The molecule has 0 atom stereocenters. The maximum absolute atomic E-state index is 12.3. The maximum atomic E-state index is 12.3. The second-order valence-corrected chi connectivity index (χ2v) is 9.89. The minimum absolute atomic E-state index is 0.0247. The summed E-state index contributed by atoms with van der Waals surface area (Å²) >= 11 is 0. The van der Waals surface area contributed by atoms with Crippen LogP contribution in [0.1, 0.15) is 0 Å². The second-order valence-electron chi connectivity index (χ2n) is 9.89. The van der Waals surface area contributed by atoms with Crippen molar-refractivity contribution in [3.05, 3.63) is 119 Å². The van der Waals surface area contributed by atoms with E-state index in [4.69, 9.17) is 14.7 Å². The van der Waals surface area contributed by atoms with Crippen LogP contribution in [0, 0.1) is 10.1 Å². The summed E-state index contributed by atoms with van der Waals surface area (Å²) in [6.45, 7) is 0. The topological polar surface area (TPSA) is 123 Å². The smallest absolute Gasteiger partial charge is 0.326 e. The van der Waals surface area contributed by atoms with Gasteiger partial charge in [-0.25, -0.2) is 4.98 Å². The highest BCUT2D eigenvalue weighted by molar-refractivity contribution is 6.13. The molecule has 9 heteroatoms. The summed E-state index contributed by atoms with van der Waals surface area (Å²) in [7, 11) is 0. The lowest BCUT2D eigenvalue weighted by Crippen LogP contribution is -2.03. The molecule has 0 saturated heterocycles. The normalized spacial score (nSPS) is 11.5. The highest BCUT2D eigenvalue weighted by Gasteiger charge is 2.26. The van der Waals surface area contributed by atoms with Gasteiger partial charge in [-0.05, 0) is 36.4 Å². The predicted molar refractivity (Wildman–Crippen MR) is 163 cm³/mol. The lowest BCUT2D eigenvalue weighted by Gasteiger charge is -2.10. The molecule has 0 aliphatic rings. The van der Waals surface area contributed by atoms with E-state index >= 15 is 0 Å². The molecule has 8 rings (SSSR count). The average Bonchev–Trinajstić information content (AvgIpc) is 3.59. The van der Waals surface area contributed by atoms with E-state index in [0.29, 0.717) is 17.1 Å². The largest absolute Gasteiger partial charge is 0.424 e. The fraction of sp³-hybridized carbons (Fsp3) is 0. The van der Waals surface area contributed by atoms with E-state index in [-0.39, 0.29) is 23.1 Å². The van der Waals surface area contributed by atoms with Crippen molar-refractivity contribution in [1.29, 1.82) is 0 Å². The van der Waals surface area contributed by atoms with Gasteiger partial charge in [0.2, 0.25) is 0 Å². The standard InChI is InChI=1S/C33H20N6O3/c40-39(41)27-18-17-23-21-12-5-7-16-26(21)35-30(23)28(27)32-36-31(37-33(38-32)42-19-9-2-1-3-10-19)24-14-8-13-22-20-11-4-6-15-25(20)34-29(22)24/h1-18,34-35H. The summed E-state index contributed by atoms with van der Waals surface area (Å²) in [4.78, 5) is 33.0. The van der Waals surface area contributed by atoms with Crippen molar-refractivity contribution in [3.8, 4) is 34.5 Å². The third kappa shape index (κ3) is 3.75. The second kappa shape index (κ2) is 9.24. The molecule has 8 aromatic rings. The Morgan fingerprint density at radius 1 is 0.595 bits per heavy atom. The number of nitro benzene ring substituents is 1. The van der Waals surface area contributed by atoms with Crippen LogP contribution < -0.4 is 4.74 Å². The monoisotopic (exact) mass is 548 g/mol. The molecule has 0 spiro atoms. The number of H-pyrrole nitrogens is 2. The van der Waals surface area contributed by atoms with Crippen molar-refractivity contribution in [2.75, 3.05) is 0 Å². The number of hydrogen-bond acceptors (Lipinski definition) is 6. The molecule has 2 N–H and O–H groups in total. The number of benzene rings is 5. The number of nitrogens with one attached hydrogen (secondary N) is 2. The van der Waals surface area contributed by atoms with Gasteiger partial charge >= 0.3 is 6.01 Å². The molecule has 0 unspecified atom stereocenters. The fourth-order valence-corrected chi connectivity index (χ4v) is 5.57. The quantitative estimate of drug-likeness (QED) is 0.165. The van der Waals surface area contributed by atoms with E-state index in [2.05, 4.69) is 21.0 Å². The van der Waals surface area contributed by atoms with E-state index in [1.165, 1.54) is 6.07 Å². The number of para-hydroxylation sites is 4. The first-order chi connectivity index (χ1) is 20.6. The van der Waals surface area contributed by atoms with E-state index in [9.17, 15) is 10.1 Å². The van der Waals surface area contributed by atoms with Gasteiger partial charge < -0.3 is 14.7 Å². The third-order valence-corrected chi connectivity index (χ3v) is 7.43. The molecule has 5 aromatic carbocycles. The Bertz CT molecular complexity index is 2320. The van der Waals surface area contributed by atoms with E-state index < -0.39 is 4.92 Å². The third-order valence-electron chi connectivity index (χ3n) is 7.43. The van der Waals surface area contributed by atoms with Gasteiger partial charge in [-0.2, -0.15) is 9.97 Å². The first kappa shape index (κ1) is 23.8. The minimum atomic E-state index is -0.417. The summed E-state index contributed by atoms with van der Waals surface area (Å²) in [5, 5.41) is 16.2. The van der Waals surface area contributed by atoms with E-state index in [0.717, 1.165) is 43.7 Å². The Morgan fingerprint density at radius 2 is 1.21 bits per heavy atom. The first-order valence-electron chi connectivity index (χ1n) is 13.3. The van der Waals surface area contributed by atoms with Crippen LogP contribution in [0.3, 0.4) is 0 Å². The Hall–Kier alpha value is -6.09. The average molecular weight is 549 g/mol. The maximum Gasteiger partial charge on any atom is 0.326 e. The van der Waals surface area contributed by atoms with Crippen molar-refractivity contribution in [1.82, 2.24) is 24.9 Å². The van der Waals surface area contributed by atoms with Gasteiger partial charge in [0.05, 0.1) is 16.0 Å². The van der Waals surface area contributed by atoms with Gasteiger partial charge in [0.1, 0.15) is 11.3 Å². The Balaban J connectivity index is 1.43. The highest BCUT2D eigenvalue weighted by atomic mass is 16.6. The molecule has 0 aliphatic heterocycles. The summed E-state index contributed by atoms with van der Waals surface area (Å²) in [6, 6.07) is 34.1. The lowest BCUT2D eigenvalue weighted by atomic mass is 10.1. The van der Waals surface area contributed by atoms with E-state index in [1.54, 1.807) is 18.2 Å². The van der Waals surface area contributed by atoms with Crippen LogP contribution in [0.25, 0.3) is 66.4 Å². The number of aromatic amines is 2. The predicted octanol–water partition coefficient (Wildman–Crippen LogP) is 8.18. The molecule has 0 radical (unpaired) electrons. The zero-order valence-corrected chi connectivity index (χ0v) is 21.9. The van der Waals surface area contributed by atoms with Gasteiger partial charge in [-0.3, -0.25) is 10.1 Å². The SMILES string of the molecule is O=[N+]([O-])c1ccc2c([nH]c3ccccc32)c1-c1nc(Oc2ccccc2)nc(-c2cccc3c2[nH]c2ccccc23)n1. The molecule has 0 fully saturated rings. The van der Waals surface area contributed by atoms with E-state index in [1.807, 2.05) is 78.9 Å². The van der Waals surface area contributed by atoms with Crippen molar-refractivity contribution in [3.63, 3.8) is 0 Å². The van der Waals surface area contributed by atoms with Crippen LogP contribution >= 0.6 is 0 Å². The molecule has 0 bridgehead atoms. The van der Waals surface area contributed by atoms with Gasteiger partial charge in [0, 0.05) is 44.2 Å². The number of hydrogen-bond donors (Lipinski definition) is 2.